The predicted octanol–water partition coefficient (Wildman–Crippen LogP) is 1.36. The highest BCUT2D eigenvalue weighted by Gasteiger charge is 2.12. The van der Waals surface area contributed by atoms with Gasteiger partial charge in [0.05, 0.1) is 16.3 Å². The maximum atomic E-state index is 11.3. The molecule has 0 unspecified atom stereocenters. The maximum absolute atomic E-state index is 11.3. The second-order valence-corrected chi connectivity index (χ2v) is 4.37. The highest BCUT2D eigenvalue weighted by Crippen LogP contribution is 2.22. The Bertz CT molecular complexity index is 749. The van der Waals surface area contributed by atoms with E-state index in [-0.39, 0.29) is 17.7 Å². The molecule has 3 N–H and O–H groups in total. The zero-order valence-electron chi connectivity index (χ0n) is 11.7. The summed E-state index contributed by atoms with van der Waals surface area (Å²) in [5, 5.41) is 21.4. The number of nitrogens with zero attached hydrogens (tertiary/aromatic N) is 2. The van der Waals surface area contributed by atoms with Gasteiger partial charge in [-0.2, -0.15) is 5.12 Å². The summed E-state index contributed by atoms with van der Waals surface area (Å²) >= 11 is 0. The first-order chi connectivity index (χ1) is 11.0. The molecule has 0 bridgehead atoms. The van der Waals surface area contributed by atoms with Gasteiger partial charge in [0.25, 0.3) is 5.69 Å². The van der Waals surface area contributed by atoms with Crippen molar-refractivity contribution in [1.29, 1.82) is 0 Å². The standard InChI is InChI=1S/C14H12N4O5/c19-9-14(21)16-17(11-4-2-6-13(20)8-11)15-10-3-1-5-12(7-10)18(22)23/h1-9,15,20H,(H,16,21). The second-order valence-electron chi connectivity index (χ2n) is 4.37. The quantitative estimate of drug-likeness (QED) is 0.318. The van der Waals surface area contributed by atoms with Gasteiger partial charge in [-0.15, -0.1) is 0 Å². The van der Waals surface area contributed by atoms with Crippen molar-refractivity contribution in [2.45, 2.75) is 0 Å². The molecular weight excluding hydrogens is 304 g/mol. The lowest BCUT2D eigenvalue weighted by atomic mass is 10.3. The van der Waals surface area contributed by atoms with E-state index in [1.165, 1.54) is 42.5 Å². The molecule has 0 aliphatic carbocycles. The SMILES string of the molecule is O=CC(=O)NN(Nc1cccc([N+](=O)[O-])c1)c1cccc(O)c1. The molecule has 0 aromatic heterocycles. The number of anilines is 2. The third-order valence-corrected chi connectivity index (χ3v) is 2.71. The topological polar surface area (TPSA) is 125 Å². The predicted molar refractivity (Wildman–Crippen MR) is 81.5 cm³/mol. The lowest BCUT2D eigenvalue weighted by Crippen LogP contribution is -2.46. The molecule has 0 spiro atoms. The highest BCUT2D eigenvalue weighted by molar-refractivity contribution is 6.24. The van der Waals surface area contributed by atoms with Crippen molar-refractivity contribution in [2.24, 2.45) is 0 Å². The van der Waals surface area contributed by atoms with Crippen LogP contribution in [-0.4, -0.2) is 22.2 Å². The number of non-ortho nitro benzene ring substituents is 1. The lowest BCUT2D eigenvalue weighted by Gasteiger charge is -2.25. The summed E-state index contributed by atoms with van der Waals surface area (Å²) in [6, 6.07) is 11.4. The number of hydrogen-bond donors (Lipinski definition) is 3. The third-order valence-electron chi connectivity index (χ3n) is 2.71. The average molecular weight is 316 g/mol. The Morgan fingerprint density at radius 2 is 1.96 bits per heavy atom. The van der Waals surface area contributed by atoms with E-state index >= 15 is 0 Å². The van der Waals surface area contributed by atoms with Gasteiger partial charge in [-0.05, 0) is 18.2 Å². The Kier molecular flexibility index (Phi) is 4.72. The Balaban J connectivity index is 2.30. The van der Waals surface area contributed by atoms with Crippen LogP contribution in [0.4, 0.5) is 17.1 Å². The van der Waals surface area contributed by atoms with Gasteiger partial charge >= 0.3 is 5.91 Å². The molecule has 23 heavy (non-hydrogen) atoms. The lowest BCUT2D eigenvalue weighted by molar-refractivity contribution is -0.384. The fourth-order valence-corrected chi connectivity index (χ4v) is 1.74. The van der Waals surface area contributed by atoms with Crippen molar-refractivity contribution in [3.63, 3.8) is 0 Å². The number of aldehydes is 1. The van der Waals surface area contributed by atoms with Gasteiger partial charge in [0, 0.05) is 18.2 Å². The van der Waals surface area contributed by atoms with Gasteiger partial charge in [-0.25, -0.2) is 5.43 Å². The number of nitro benzene ring substituents is 1. The molecule has 2 aromatic rings. The summed E-state index contributed by atoms with van der Waals surface area (Å²) in [6.45, 7) is 0. The van der Waals surface area contributed by atoms with Crippen molar-refractivity contribution in [3.05, 3.63) is 58.6 Å². The Morgan fingerprint density at radius 1 is 1.22 bits per heavy atom. The number of phenolic OH excluding ortho intramolecular Hbond substituents is 1. The number of hydrazine groups is 2. The second kappa shape index (κ2) is 6.89. The molecule has 1 amide bonds. The number of benzene rings is 2. The van der Waals surface area contributed by atoms with E-state index in [1.54, 1.807) is 6.07 Å². The Morgan fingerprint density at radius 3 is 2.61 bits per heavy atom. The molecule has 0 heterocycles. The van der Waals surface area contributed by atoms with Crippen LogP contribution >= 0.6 is 0 Å². The minimum absolute atomic E-state index is 0.0614. The van der Waals surface area contributed by atoms with Crippen LogP contribution in [-0.2, 0) is 9.59 Å². The van der Waals surface area contributed by atoms with Gasteiger partial charge in [0.2, 0.25) is 6.29 Å². The summed E-state index contributed by atoms with van der Waals surface area (Å²) in [7, 11) is 0. The van der Waals surface area contributed by atoms with Crippen LogP contribution in [0.3, 0.4) is 0 Å². The van der Waals surface area contributed by atoms with Crippen LogP contribution in [0, 0.1) is 10.1 Å². The summed E-state index contributed by atoms with van der Waals surface area (Å²) in [4.78, 5) is 32.1. The highest BCUT2D eigenvalue weighted by atomic mass is 16.6. The van der Waals surface area contributed by atoms with E-state index in [9.17, 15) is 24.8 Å². The van der Waals surface area contributed by atoms with E-state index < -0.39 is 10.8 Å². The van der Waals surface area contributed by atoms with Crippen molar-refractivity contribution in [1.82, 2.24) is 5.43 Å². The molecule has 0 fully saturated rings. The molecule has 118 valence electrons. The zero-order valence-corrected chi connectivity index (χ0v) is 11.7. The number of rotatable bonds is 6. The summed E-state index contributed by atoms with van der Waals surface area (Å²) in [5.74, 6) is -1.00. The number of nitro groups is 1. The molecule has 0 aliphatic heterocycles. The van der Waals surface area contributed by atoms with Crippen molar-refractivity contribution in [2.75, 3.05) is 10.5 Å². The maximum Gasteiger partial charge on any atom is 0.304 e. The number of hydrogen-bond acceptors (Lipinski definition) is 7. The fraction of sp³-hybridized carbons (Fsp3) is 0. The van der Waals surface area contributed by atoms with Crippen LogP contribution in [0.25, 0.3) is 0 Å². The zero-order chi connectivity index (χ0) is 16.8. The monoisotopic (exact) mass is 316 g/mol. The third kappa shape index (κ3) is 4.17. The van der Waals surface area contributed by atoms with E-state index in [0.29, 0.717) is 11.4 Å². The van der Waals surface area contributed by atoms with Gasteiger partial charge in [0.15, 0.2) is 0 Å². The molecule has 2 aromatic carbocycles. The summed E-state index contributed by atoms with van der Waals surface area (Å²) in [6.07, 6.45) is 0.0743. The first-order valence-electron chi connectivity index (χ1n) is 6.35. The minimum atomic E-state index is -0.939. The molecule has 0 aliphatic rings. The first-order valence-corrected chi connectivity index (χ1v) is 6.35. The molecule has 9 nitrogen and oxygen atoms in total. The van der Waals surface area contributed by atoms with Crippen molar-refractivity contribution in [3.8, 4) is 5.75 Å². The van der Waals surface area contributed by atoms with E-state index in [1.807, 2.05) is 0 Å². The van der Waals surface area contributed by atoms with Gasteiger partial charge in [-0.1, -0.05) is 12.1 Å². The van der Waals surface area contributed by atoms with Crippen LogP contribution in [0.1, 0.15) is 0 Å². The van der Waals surface area contributed by atoms with Crippen molar-refractivity contribution < 1.29 is 19.6 Å². The number of amides is 1. The average Bonchev–Trinajstić information content (AvgIpc) is 2.54. The van der Waals surface area contributed by atoms with Gasteiger partial charge in [-0.3, -0.25) is 25.1 Å². The minimum Gasteiger partial charge on any atom is -0.508 e. The van der Waals surface area contributed by atoms with Crippen LogP contribution in [0.15, 0.2) is 48.5 Å². The van der Waals surface area contributed by atoms with Crippen LogP contribution in [0.5, 0.6) is 5.75 Å². The van der Waals surface area contributed by atoms with Crippen LogP contribution < -0.4 is 16.0 Å². The normalized spacial score (nSPS) is 9.74. The van der Waals surface area contributed by atoms with Gasteiger partial charge in [0.1, 0.15) is 5.75 Å². The number of phenols is 1. The number of nitrogens with one attached hydrogen (secondary N) is 2. The fourth-order valence-electron chi connectivity index (χ4n) is 1.74. The van der Waals surface area contributed by atoms with Gasteiger partial charge < -0.3 is 5.11 Å². The van der Waals surface area contributed by atoms with Crippen molar-refractivity contribution >= 4 is 29.3 Å². The first kappa shape index (κ1) is 15.8. The molecule has 0 saturated heterocycles. The smallest absolute Gasteiger partial charge is 0.304 e. The largest absolute Gasteiger partial charge is 0.508 e. The Hall–Kier alpha value is -3.62. The molecule has 2 rings (SSSR count). The molecule has 0 saturated carbocycles. The molecule has 0 atom stereocenters. The molecular formula is C14H12N4O5. The number of aromatic hydroxyl groups is 1. The summed E-state index contributed by atoms with van der Waals surface area (Å²) < 4.78 is 0. The van der Waals surface area contributed by atoms with E-state index in [2.05, 4.69) is 10.9 Å². The molecule has 9 heteroatoms. The summed E-state index contributed by atoms with van der Waals surface area (Å²) in [5.41, 5.74) is 5.42. The number of carbonyl (C=O) groups is 2. The van der Waals surface area contributed by atoms with Crippen LogP contribution in [0.2, 0.25) is 0 Å². The number of carbonyl (C=O) groups excluding carboxylic acids is 2. The van der Waals surface area contributed by atoms with E-state index in [4.69, 9.17) is 0 Å². The van der Waals surface area contributed by atoms with E-state index in [0.717, 1.165) is 5.12 Å². The Labute approximate surface area is 130 Å². The molecule has 0 radical (unpaired) electrons.